The van der Waals surface area contributed by atoms with Crippen LogP contribution in [0, 0.1) is 13.8 Å². The van der Waals surface area contributed by atoms with Gasteiger partial charge in [-0.3, -0.25) is 4.79 Å². The minimum Gasteiger partial charge on any atom is -0.494 e. The van der Waals surface area contributed by atoms with E-state index in [1.165, 1.54) is 16.6 Å². The number of aromatic nitrogens is 2. The van der Waals surface area contributed by atoms with E-state index in [1.54, 1.807) is 0 Å². The molecule has 0 bridgehead atoms. The molecule has 194 valence electrons. The molecule has 0 spiro atoms. The van der Waals surface area contributed by atoms with Crippen LogP contribution < -0.4 is 10.1 Å². The van der Waals surface area contributed by atoms with Crippen LogP contribution in [0.4, 0.5) is 0 Å². The molecule has 0 fully saturated rings. The number of ether oxygens (including phenoxy) is 1. The molecule has 1 amide bonds. The number of amides is 1. The minimum absolute atomic E-state index is 0.0178. The number of benzene rings is 3. The second kappa shape index (κ2) is 13.4. The molecule has 0 aliphatic heterocycles. The predicted octanol–water partition coefficient (Wildman–Crippen LogP) is 7.42. The number of nitrogens with one attached hydrogen (secondary N) is 1. The van der Waals surface area contributed by atoms with Gasteiger partial charge in [-0.25, -0.2) is 4.98 Å². The van der Waals surface area contributed by atoms with Crippen molar-refractivity contribution in [3.63, 3.8) is 0 Å². The molecule has 3 aromatic carbocycles. The average Bonchev–Trinajstić information content (AvgIpc) is 3.25. The highest BCUT2D eigenvalue weighted by atomic mass is 79.9. The number of para-hydroxylation sites is 2. The Kier molecular flexibility index (Phi) is 9.78. The van der Waals surface area contributed by atoms with Gasteiger partial charge in [-0.2, -0.15) is 0 Å². The van der Waals surface area contributed by atoms with E-state index in [0.29, 0.717) is 12.1 Å². The van der Waals surface area contributed by atoms with Gasteiger partial charge in [0.05, 0.1) is 17.6 Å². The maximum Gasteiger partial charge on any atom is 0.251 e. The van der Waals surface area contributed by atoms with Crippen molar-refractivity contribution in [2.45, 2.75) is 58.9 Å². The molecule has 1 N–H and O–H groups in total. The van der Waals surface area contributed by atoms with Crippen LogP contribution in [0.15, 0.2) is 71.2 Å². The lowest BCUT2D eigenvalue weighted by Crippen LogP contribution is -2.24. The number of hydrogen-bond donors (Lipinski definition) is 1. The lowest BCUT2D eigenvalue weighted by atomic mass is 10.1. The number of aryl methyl sites for hydroxylation is 4. The van der Waals surface area contributed by atoms with Crippen LogP contribution in [0.3, 0.4) is 0 Å². The van der Waals surface area contributed by atoms with Crippen LogP contribution in [-0.4, -0.2) is 28.6 Å². The molecular formula is C31H36BrN3O2. The van der Waals surface area contributed by atoms with E-state index in [9.17, 15) is 4.79 Å². The number of carbonyl (C=O) groups is 1. The van der Waals surface area contributed by atoms with Crippen LogP contribution in [0.1, 0.15) is 59.4 Å². The van der Waals surface area contributed by atoms with Gasteiger partial charge in [0.2, 0.25) is 0 Å². The summed E-state index contributed by atoms with van der Waals surface area (Å²) in [6, 6.07) is 22.1. The molecule has 5 nitrogen and oxygen atoms in total. The molecule has 0 radical (unpaired) electrons. The maximum absolute atomic E-state index is 12.3. The van der Waals surface area contributed by atoms with Gasteiger partial charge in [-0.05, 0) is 99.2 Å². The first kappa shape index (κ1) is 26.9. The number of imidazole rings is 1. The zero-order valence-electron chi connectivity index (χ0n) is 21.8. The Morgan fingerprint density at radius 1 is 0.919 bits per heavy atom. The van der Waals surface area contributed by atoms with Gasteiger partial charge in [0.1, 0.15) is 11.6 Å². The largest absolute Gasteiger partial charge is 0.494 e. The molecule has 4 rings (SSSR count). The highest BCUT2D eigenvalue weighted by Gasteiger charge is 2.10. The Bertz CT molecular complexity index is 1310. The standard InChI is InChI=1S/C31H36BrN3O2/c1-23-13-18-27(22-24(23)2)37-21-9-8-20-35-29-11-6-5-10-28(29)34-30(35)12-4-3-7-19-33-31(36)25-14-16-26(32)17-15-25/h5-6,10-11,13-18,22H,3-4,7-9,12,19-21H2,1-2H3,(H,33,36). The van der Waals surface area contributed by atoms with Crippen LogP contribution in [0.2, 0.25) is 0 Å². The number of halogens is 1. The lowest BCUT2D eigenvalue weighted by molar-refractivity contribution is 0.0953. The molecule has 0 atom stereocenters. The second-order valence-electron chi connectivity index (χ2n) is 9.54. The summed E-state index contributed by atoms with van der Waals surface area (Å²) in [5.74, 6) is 2.08. The zero-order chi connectivity index (χ0) is 26.0. The maximum atomic E-state index is 12.3. The Morgan fingerprint density at radius 2 is 1.73 bits per heavy atom. The number of fused-ring (bicyclic) bond motifs is 1. The predicted molar refractivity (Wildman–Crippen MR) is 154 cm³/mol. The summed E-state index contributed by atoms with van der Waals surface area (Å²) in [5, 5.41) is 3.02. The highest BCUT2D eigenvalue weighted by Crippen LogP contribution is 2.20. The zero-order valence-corrected chi connectivity index (χ0v) is 23.4. The first-order chi connectivity index (χ1) is 18.0. The number of nitrogens with zero attached hydrogens (tertiary/aromatic N) is 2. The molecule has 1 aromatic heterocycles. The smallest absolute Gasteiger partial charge is 0.251 e. The van der Waals surface area contributed by atoms with Crippen LogP contribution in [0.25, 0.3) is 11.0 Å². The first-order valence-electron chi connectivity index (χ1n) is 13.2. The summed E-state index contributed by atoms with van der Waals surface area (Å²) in [6.07, 6.45) is 6.03. The summed E-state index contributed by atoms with van der Waals surface area (Å²) >= 11 is 3.40. The van der Waals surface area contributed by atoms with Crippen molar-refractivity contribution in [2.24, 2.45) is 0 Å². The third-order valence-corrected chi connectivity index (χ3v) is 7.25. The Balaban J connectivity index is 1.22. The number of rotatable bonds is 13. The average molecular weight is 563 g/mol. The van der Waals surface area contributed by atoms with Crippen molar-refractivity contribution in [3.8, 4) is 5.75 Å². The fourth-order valence-electron chi connectivity index (χ4n) is 4.42. The van der Waals surface area contributed by atoms with Gasteiger partial charge in [0.15, 0.2) is 0 Å². The first-order valence-corrected chi connectivity index (χ1v) is 14.0. The molecular weight excluding hydrogens is 526 g/mol. The third kappa shape index (κ3) is 7.68. The van der Waals surface area contributed by atoms with E-state index in [2.05, 4.69) is 82.1 Å². The fraction of sp³-hybridized carbons (Fsp3) is 0.355. The van der Waals surface area contributed by atoms with Crippen molar-refractivity contribution in [1.82, 2.24) is 14.9 Å². The molecule has 6 heteroatoms. The highest BCUT2D eigenvalue weighted by molar-refractivity contribution is 9.10. The summed E-state index contributed by atoms with van der Waals surface area (Å²) in [5.41, 5.74) is 5.51. The normalized spacial score (nSPS) is 11.1. The molecule has 0 saturated heterocycles. The van der Waals surface area contributed by atoms with Gasteiger partial charge in [0.25, 0.3) is 5.91 Å². The van der Waals surface area contributed by atoms with Crippen molar-refractivity contribution in [3.05, 3.63) is 93.7 Å². The van der Waals surface area contributed by atoms with Crippen molar-refractivity contribution in [1.29, 1.82) is 0 Å². The van der Waals surface area contributed by atoms with Crippen molar-refractivity contribution >= 4 is 32.9 Å². The SMILES string of the molecule is Cc1ccc(OCCCCn2c(CCCCCNC(=O)c3ccc(Br)cc3)nc3ccccc32)cc1C. The summed E-state index contributed by atoms with van der Waals surface area (Å²) in [7, 11) is 0. The van der Waals surface area contributed by atoms with Gasteiger partial charge in [-0.1, -0.05) is 40.5 Å². The summed E-state index contributed by atoms with van der Waals surface area (Å²) in [6.45, 7) is 6.58. The minimum atomic E-state index is -0.0178. The van der Waals surface area contributed by atoms with Crippen LogP contribution in [-0.2, 0) is 13.0 Å². The van der Waals surface area contributed by atoms with Crippen molar-refractivity contribution in [2.75, 3.05) is 13.2 Å². The number of carbonyl (C=O) groups excluding carboxylic acids is 1. The van der Waals surface area contributed by atoms with Crippen LogP contribution in [0.5, 0.6) is 5.75 Å². The third-order valence-electron chi connectivity index (χ3n) is 6.73. The van der Waals surface area contributed by atoms with E-state index >= 15 is 0 Å². The molecule has 1 heterocycles. The topological polar surface area (TPSA) is 56.1 Å². The molecule has 4 aromatic rings. The molecule has 37 heavy (non-hydrogen) atoms. The Morgan fingerprint density at radius 3 is 2.54 bits per heavy atom. The Hall–Kier alpha value is -3.12. The monoisotopic (exact) mass is 561 g/mol. The van der Waals surface area contributed by atoms with Gasteiger partial charge >= 0.3 is 0 Å². The van der Waals surface area contributed by atoms with E-state index in [4.69, 9.17) is 9.72 Å². The molecule has 0 aliphatic carbocycles. The van der Waals surface area contributed by atoms with E-state index in [0.717, 1.165) is 73.2 Å². The van der Waals surface area contributed by atoms with Gasteiger partial charge in [0, 0.05) is 29.5 Å². The van der Waals surface area contributed by atoms with Crippen molar-refractivity contribution < 1.29 is 9.53 Å². The van der Waals surface area contributed by atoms with Gasteiger partial charge in [-0.15, -0.1) is 0 Å². The Labute approximate surface area is 228 Å². The molecule has 0 saturated carbocycles. The van der Waals surface area contributed by atoms with E-state index in [-0.39, 0.29) is 5.91 Å². The van der Waals surface area contributed by atoms with Crippen LogP contribution >= 0.6 is 15.9 Å². The summed E-state index contributed by atoms with van der Waals surface area (Å²) < 4.78 is 9.32. The van der Waals surface area contributed by atoms with E-state index < -0.39 is 0 Å². The molecule has 0 aliphatic rings. The lowest BCUT2D eigenvalue weighted by Gasteiger charge is -2.11. The molecule has 0 unspecified atom stereocenters. The summed E-state index contributed by atoms with van der Waals surface area (Å²) in [4.78, 5) is 17.2. The van der Waals surface area contributed by atoms with E-state index in [1.807, 2.05) is 24.3 Å². The fourth-order valence-corrected chi connectivity index (χ4v) is 4.69. The quantitative estimate of drug-likeness (QED) is 0.173. The number of hydrogen-bond acceptors (Lipinski definition) is 3. The second-order valence-corrected chi connectivity index (χ2v) is 10.5. The van der Waals surface area contributed by atoms with Gasteiger partial charge < -0.3 is 14.6 Å². The number of unbranched alkanes of at least 4 members (excludes halogenated alkanes) is 3.